The van der Waals surface area contributed by atoms with E-state index in [-0.39, 0.29) is 16.2 Å². The Kier molecular flexibility index (Phi) is 14.5. The van der Waals surface area contributed by atoms with E-state index in [2.05, 4.69) is 61.1 Å². The zero-order valence-corrected chi connectivity index (χ0v) is 22.3. The van der Waals surface area contributed by atoms with E-state index in [1.165, 1.54) is 77.0 Å². The first-order valence-corrected chi connectivity index (χ1v) is 15.0. The second-order valence-electron chi connectivity index (χ2n) is 11.3. The minimum Gasteiger partial charge on any atom is -0.400 e. The standard InChI is InChI=1S/C26H53NOSi/c1-9-10-11-12-13-14-15-16-17-18-19-20-21-22-24(23-27)28-29(8,25(2,3)4)26(5,6)7/h24H,9-22H2,1-8H3. The molecule has 0 aromatic carbocycles. The number of hydrogen-bond acceptors (Lipinski definition) is 2. The molecule has 0 N–H and O–H groups in total. The van der Waals surface area contributed by atoms with Crippen LogP contribution in [0.1, 0.15) is 138 Å². The highest BCUT2D eigenvalue weighted by atomic mass is 28.4. The summed E-state index contributed by atoms with van der Waals surface area (Å²) in [6.07, 6.45) is 18.3. The fourth-order valence-corrected chi connectivity index (χ4v) is 7.96. The van der Waals surface area contributed by atoms with E-state index in [9.17, 15) is 5.26 Å². The lowest BCUT2D eigenvalue weighted by Gasteiger charge is -2.49. The van der Waals surface area contributed by atoms with Gasteiger partial charge in [0, 0.05) is 0 Å². The van der Waals surface area contributed by atoms with Crippen molar-refractivity contribution in [2.75, 3.05) is 0 Å². The molecule has 172 valence electrons. The van der Waals surface area contributed by atoms with Crippen molar-refractivity contribution in [3.63, 3.8) is 0 Å². The molecule has 0 radical (unpaired) electrons. The smallest absolute Gasteiger partial charge is 0.202 e. The Morgan fingerprint density at radius 2 is 1.03 bits per heavy atom. The molecule has 0 amide bonds. The second kappa shape index (κ2) is 14.6. The van der Waals surface area contributed by atoms with Gasteiger partial charge in [-0.3, -0.25) is 0 Å². The van der Waals surface area contributed by atoms with E-state index in [0.717, 1.165) is 12.8 Å². The van der Waals surface area contributed by atoms with Crippen LogP contribution in [0.4, 0.5) is 0 Å². The molecule has 2 nitrogen and oxygen atoms in total. The van der Waals surface area contributed by atoms with Gasteiger partial charge in [-0.15, -0.1) is 0 Å². The third-order valence-electron chi connectivity index (χ3n) is 6.95. The van der Waals surface area contributed by atoms with E-state index in [1.54, 1.807) is 0 Å². The number of nitrogens with zero attached hydrogens (tertiary/aromatic N) is 1. The fourth-order valence-electron chi connectivity index (χ4n) is 4.26. The predicted octanol–water partition coefficient (Wildman–Crippen LogP) is 9.55. The van der Waals surface area contributed by atoms with Crippen LogP contribution in [0.3, 0.4) is 0 Å². The summed E-state index contributed by atoms with van der Waals surface area (Å²) < 4.78 is 6.60. The first-order valence-electron chi connectivity index (χ1n) is 12.6. The molecular formula is C26H53NOSi. The van der Waals surface area contributed by atoms with E-state index in [0.29, 0.717) is 0 Å². The molecule has 1 unspecified atom stereocenters. The van der Waals surface area contributed by atoms with Crippen LogP contribution in [0.5, 0.6) is 0 Å². The van der Waals surface area contributed by atoms with Gasteiger partial charge in [-0.05, 0) is 29.5 Å². The minimum atomic E-state index is -2.06. The van der Waals surface area contributed by atoms with Crippen LogP contribution in [0, 0.1) is 11.3 Å². The summed E-state index contributed by atoms with van der Waals surface area (Å²) in [5.41, 5.74) is 0. The summed E-state index contributed by atoms with van der Waals surface area (Å²) in [5.74, 6) is 0. The molecule has 3 heteroatoms. The lowest BCUT2D eigenvalue weighted by atomic mass is 10.0. The van der Waals surface area contributed by atoms with E-state index >= 15 is 0 Å². The highest BCUT2D eigenvalue weighted by Gasteiger charge is 2.52. The molecule has 0 aliphatic carbocycles. The molecule has 0 heterocycles. The van der Waals surface area contributed by atoms with Gasteiger partial charge >= 0.3 is 0 Å². The summed E-state index contributed by atoms with van der Waals surface area (Å²) >= 11 is 0. The maximum absolute atomic E-state index is 9.66. The number of hydrogen-bond donors (Lipinski definition) is 0. The number of unbranched alkanes of at least 4 members (excludes halogenated alkanes) is 12. The summed E-state index contributed by atoms with van der Waals surface area (Å²) in [6, 6.07) is 2.46. The van der Waals surface area contributed by atoms with Crippen LogP contribution in [0.25, 0.3) is 0 Å². The summed E-state index contributed by atoms with van der Waals surface area (Å²) in [7, 11) is -2.06. The lowest BCUT2D eigenvalue weighted by Crippen LogP contribution is -2.53. The molecule has 0 aliphatic heterocycles. The Morgan fingerprint density at radius 3 is 1.34 bits per heavy atom. The van der Waals surface area contributed by atoms with Crippen LogP contribution in [0.2, 0.25) is 16.6 Å². The van der Waals surface area contributed by atoms with Crippen molar-refractivity contribution in [2.24, 2.45) is 0 Å². The quantitative estimate of drug-likeness (QED) is 0.183. The molecule has 0 fully saturated rings. The molecule has 29 heavy (non-hydrogen) atoms. The SMILES string of the molecule is CCCCCCCCCCCCCCCC(C#N)O[Si](C)(C(C)(C)C)C(C)(C)C. The summed E-state index contributed by atoms with van der Waals surface area (Å²) in [6.45, 7) is 18.3. The number of rotatable bonds is 16. The fraction of sp³-hybridized carbons (Fsp3) is 0.962. The average Bonchev–Trinajstić information content (AvgIpc) is 2.62. The van der Waals surface area contributed by atoms with Crippen molar-refractivity contribution in [1.82, 2.24) is 0 Å². The Hall–Kier alpha value is -0.333. The van der Waals surface area contributed by atoms with Gasteiger partial charge < -0.3 is 4.43 Å². The zero-order valence-electron chi connectivity index (χ0n) is 21.3. The van der Waals surface area contributed by atoms with Gasteiger partial charge in [0.25, 0.3) is 0 Å². The Labute approximate surface area is 185 Å². The molecule has 0 saturated heterocycles. The molecule has 0 aromatic heterocycles. The summed E-state index contributed by atoms with van der Waals surface area (Å²) in [5, 5.41) is 9.90. The van der Waals surface area contributed by atoms with Crippen molar-refractivity contribution in [3.8, 4) is 6.07 Å². The normalized spacial score (nSPS) is 14.0. The highest BCUT2D eigenvalue weighted by Crippen LogP contribution is 2.52. The van der Waals surface area contributed by atoms with Crippen molar-refractivity contribution >= 4 is 8.32 Å². The van der Waals surface area contributed by atoms with Crippen LogP contribution in [0.15, 0.2) is 0 Å². The van der Waals surface area contributed by atoms with Crippen LogP contribution >= 0.6 is 0 Å². The van der Waals surface area contributed by atoms with Gasteiger partial charge in [-0.1, -0.05) is 126 Å². The Balaban J connectivity index is 3.96. The molecule has 0 spiro atoms. The van der Waals surface area contributed by atoms with Crippen LogP contribution in [-0.2, 0) is 4.43 Å². The average molecular weight is 424 g/mol. The highest BCUT2D eigenvalue weighted by molar-refractivity contribution is 6.78. The Morgan fingerprint density at radius 1 is 0.690 bits per heavy atom. The second-order valence-corrected chi connectivity index (χ2v) is 16.6. The number of nitriles is 1. The predicted molar refractivity (Wildman–Crippen MR) is 132 cm³/mol. The van der Waals surface area contributed by atoms with Gasteiger partial charge in [0.05, 0.1) is 6.07 Å². The van der Waals surface area contributed by atoms with Gasteiger partial charge in [-0.25, -0.2) is 0 Å². The first kappa shape index (κ1) is 28.7. The van der Waals surface area contributed by atoms with Crippen molar-refractivity contribution < 1.29 is 4.43 Å². The Bertz CT molecular complexity index is 427. The molecule has 0 saturated carbocycles. The van der Waals surface area contributed by atoms with Gasteiger partial charge in [-0.2, -0.15) is 5.26 Å². The molecule has 0 bridgehead atoms. The molecule has 1 atom stereocenters. The maximum Gasteiger partial charge on any atom is 0.202 e. The molecule has 0 aromatic rings. The van der Waals surface area contributed by atoms with Gasteiger partial charge in [0.1, 0.15) is 6.10 Å². The lowest BCUT2D eigenvalue weighted by molar-refractivity contribution is 0.198. The van der Waals surface area contributed by atoms with Crippen molar-refractivity contribution in [1.29, 1.82) is 5.26 Å². The topological polar surface area (TPSA) is 33.0 Å². The van der Waals surface area contributed by atoms with E-state index in [4.69, 9.17) is 4.43 Å². The largest absolute Gasteiger partial charge is 0.400 e. The summed E-state index contributed by atoms with van der Waals surface area (Å²) in [4.78, 5) is 0. The van der Waals surface area contributed by atoms with Gasteiger partial charge in [0.15, 0.2) is 0 Å². The third-order valence-corrected chi connectivity index (χ3v) is 13.4. The third kappa shape index (κ3) is 11.6. The van der Waals surface area contributed by atoms with Crippen LogP contribution in [-0.4, -0.2) is 14.4 Å². The van der Waals surface area contributed by atoms with E-state index in [1.807, 2.05) is 0 Å². The molecular weight excluding hydrogens is 370 g/mol. The van der Waals surface area contributed by atoms with Gasteiger partial charge in [0.2, 0.25) is 8.32 Å². The molecule has 0 rings (SSSR count). The maximum atomic E-state index is 9.66. The van der Waals surface area contributed by atoms with Crippen LogP contribution < -0.4 is 0 Å². The van der Waals surface area contributed by atoms with Crippen molar-refractivity contribution in [3.05, 3.63) is 0 Å². The van der Waals surface area contributed by atoms with Crippen molar-refractivity contribution in [2.45, 2.75) is 161 Å². The molecule has 0 aliphatic rings. The minimum absolute atomic E-state index is 0.121. The van der Waals surface area contributed by atoms with E-state index < -0.39 is 8.32 Å². The monoisotopic (exact) mass is 423 g/mol. The first-order chi connectivity index (χ1) is 13.5. The zero-order chi connectivity index (χ0) is 22.4.